The lowest BCUT2D eigenvalue weighted by Gasteiger charge is -2.34. The number of amides is 2. The van der Waals surface area contributed by atoms with Crippen LogP contribution in [0.15, 0.2) is 18.2 Å². The van der Waals surface area contributed by atoms with E-state index >= 15 is 0 Å². The number of ether oxygens (including phenoxy) is 2. The van der Waals surface area contributed by atoms with Crippen LogP contribution >= 0.6 is 0 Å². The molecule has 0 saturated carbocycles. The van der Waals surface area contributed by atoms with Crippen LogP contribution in [0.1, 0.15) is 30.9 Å². The Labute approximate surface area is 165 Å². The average molecular weight is 391 g/mol. The van der Waals surface area contributed by atoms with Crippen LogP contribution in [0.2, 0.25) is 0 Å². The Kier molecular flexibility index (Phi) is 8.25. The fourth-order valence-corrected chi connectivity index (χ4v) is 3.23. The van der Waals surface area contributed by atoms with E-state index in [9.17, 15) is 14.4 Å². The summed E-state index contributed by atoms with van der Waals surface area (Å²) < 4.78 is 10.1. The molecule has 8 nitrogen and oxygen atoms in total. The predicted octanol–water partition coefficient (Wildman–Crippen LogP) is 0.764. The Morgan fingerprint density at radius 3 is 2.82 bits per heavy atom. The number of hydrogen-bond acceptors (Lipinski definition) is 6. The lowest BCUT2D eigenvalue weighted by molar-refractivity contribution is -0.143. The zero-order valence-corrected chi connectivity index (χ0v) is 16.7. The van der Waals surface area contributed by atoms with Gasteiger partial charge in [0.2, 0.25) is 11.8 Å². The molecule has 1 atom stereocenters. The van der Waals surface area contributed by atoms with E-state index in [1.165, 1.54) is 0 Å². The predicted molar refractivity (Wildman–Crippen MR) is 104 cm³/mol. The van der Waals surface area contributed by atoms with Gasteiger partial charge in [0.05, 0.1) is 32.6 Å². The summed E-state index contributed by atoms with van der Waals surface area (Å²) in [6, 6.07) is 5.36. The molecule has 1 unspecified atom stereocenters. The zero-order valence-electron chi connectivity index (χ0n) is 16.7. The van der Waals surface area contributed by atoms with E-state index < -0.39 is 6.04 Å². The second kappa shape index (κ2) is 10.7. The van der Waals surface area contributed by atoms with Crippen molar-refractivity contribution in [2.45, 2.75) is 39.3 Å². The third kappa shape index (κ3) is 6.23. The fourth-order valence-electron chi connectivity index (χ4n) is 3.23. The number of benzene rings is 1. The second-order valence-electron chi connectivity index (χ2n) is 6.69. The van der Waals surface area contributed by atoms with Crippen LogP contribution in [-0.2, 0) is 25.7 Å². The molecule has 0 bridgehead atoms. The minimum Gasteiger partial charge on any atom is -0.496 e. The minimum atomic E-state index is -0.543. The molecule has 1 aliphatic heterocycles. The van der Waals surface area contributed by atoms with Crippen molar-refractivity contribution in [2.75, 3.05) is 33.4 Å². The van der Waals surface area contributed by atoms with Crippen molar-refractivity contribution in [2.24, 2.45) is 0 Å². The van der Waals surface area contributed by atoms with Crippen molar-refractivity contribution < 1.29 is 23.9 Å². The van der Waals surface area contributed by atoms with Gasteiger partial charge >= 0.3 is 5.97 Å². The SMILES string of the molecule is CCOC(=O)CCNC(=O)CC1C(=O)NCCN1Cc1ccc(OC)c(C)c1. The summed E-state index contributed by atoms with van der Waals surface area (Å²) >= 11 is 0. The van der Waals surface area contributed by atoms with E-state index in [1.807, 2.05) is 30.0 Å². The van der Waals surface area contributed by atoms with Gasteiger partial charge in [0, 0.05) is 26.2 Å². The fraction of sp³-hybridized carbons (Fsp3) is 0.550. The number of hydrogen-bond donors (Lipinski definition) is 2. The van der Waals surface area contributed by atoms with Crippen LogP contribution in [-0.4, -0.2) is 62.1 Å². The van der Waals surface area contributed by atoms with E-state index in [0.29, 0.717) is 26.2 Å². The van der Waals surface area contributed by atoms with E-state index in [0.717, 1.165) is 16.9 Å². The maximum Gasteiger partial charge on any atom is 0.307 e. The first-order valence-corrected chi connectivity index (χ1v) is 9.52. The van der Waals surface area contributed by atoms with E-state index in [4.69, 9.17) is 9.47 Å². The number of methoxy groups -OCH3 is 1. The minimum absolute atomic E-state index is 0.0454. The summed E-state index contributed by atoms with van der Waals surface area (Å²) in [6.45, 7) is 6.00. The molecular formula is C20H29N3O5. The Morgan fingerprint density at radius 1 is 1.36 bits per heavy atom. The van der Waals surface area contributed by atoms with E-state index in [-0.39, 0.29) is 37.2 Å². The van der Waals surface area contributed by atoms with Gasteiger partial charge in [0.15, 0.2) is 0 Å². The molecule has 0 aromatic heterocycles. The summed E-state index contributed by atoms with van der Waals surface area (Å²) in [7, 11) is 1.63. The van der Waals surface area contributed by atoms with Gasteiger partial charge in [0.1, 0.15) is 5.75 Å². The number of carbonyl (C=O) groups is 3. The van der Waals surface area contributed by atoms with Crippen LogP contribution in [0, 0.1) is 6.92 Å². The first-order chi connectivity index (χ1) is 13.4. The van der Waals surface area contributed by atoms with Crippen LogP contribution in [0.4, 0.5) is 0 Å². The number of piperazine rings is 1. The summed E-state index contributed by atoms with van der Waals surface area (Å²) in [5.41, 5.74) is 2.08. The molecule has 2 N–H and O–H groups in total. The third-order valence-electron chi connectivity index (χ3n) is 4.62. The number of nitrogens with zero attached hydrogens (tertiary/aromatic N) is 1. The molecule has 0 spiro atoms. The number of esters is 1. The molecule has 2 rings (SSSR count). The lowest BCUT2D eigenvalue weighted by atomic mass is 10.1. The first kappa shape index (κ1) is 21.7. The normalized spacial score (nSPS) is 17.0. The number of aryl methyl sites for hydroxylation is 1. The molecule has 1 aromatic carbocycles. The maximum absolute atomic E-state index is 12.3. The number of nitrogens with one attached hydrogen (secondary N) is 2. The Bertz CT molecular complexity index is 707. The summed E-state index contributed by atoms with van der Waals surface area (Å²) in [5.74, 6) is 0.0478. The molecule has 1 heterocycles. The molecule has 28 heavy (non-hydrogen) atoms. The largest absolute Gasteiger partial charge is 0.496 e. The van der Waals surface area contributed by atoms with Gasteiger partial charge in [-0.25, -0.2) is 0 Å². The lowest BCUT2D eigenvalue weighted by Crippen LogP contribution is -2.56. The van der Waals surface area contributed by atoms with Crippen molar-refractivity contribution >= 4 is 17.8 Å². The summed E-state index contributed by atoms with van der Waals surface area (Å²) in [4.78, 5) is 37.9. The maximum atomic E-state index is 12.3. The number of carbonyl (C=O) groups excluding carboxylic acids is 3. The van der Waals surface area contributed by atoms with Crippen LogP contribution in [0.3, 0.4) is 0 Å². The van der Waals surface area contributed by atoms with Gasteiger partial charge in [-0.3, -0.25) is 19.3 Å². The summed E-state index contributed by atoms with van der Waals surface area (Å²) in [5, 5.41) is 5.50. The molecule has 1 aromatic rings. The highest BCUT2D eigenvalue weighted by Crippen LogP contribution is 2.21. The van der Waals surface area contributed by atoms with Crippen molar-refractivity contribution in [1.29, 1.82) is 0 Å². The molecule has 0 aliphatic carbocycles. The molecule has 2 amide bonds. The van der Waals surface area contributed by atoms with Crippen molar-refractivity contribution in [1.82, 2.24) is 15.5 Å². The van der Waals surface area contributed by atoms with Gasteiger partial charge in [-0.2, -0.15) is 0 Å². The Hall–Kier alpha value is -2.61. The van der Waals surface area contributed by atoms with Gasteiger partial charge in [-0.1, -0.05) is 12.1 Å². The molecule has 154 valence electrons. The number of rotatable bonds is 9. The third-order valence-corrected chi connectivity index (χ3v) is 4.62. The highest BCUT2D eigenvalue weighted by Gasteiger charge is 2.31. The highest BCUT2D eigenvalue weighted by atomic mass is 16.5. The first-order valence-electron chi connectivity index (χ1n) is 9.52. The molecule has 1 saturated heterocycles. The van der Waals surface area contributed by atoms with Crippen LogP contribution in [0.5, 0.6) is 5.75 Å². The van der Waals surface area contributed by atoms with Gasteiger partial charge < -0.3 is 20.1 Å². The smallest absolute Gasteiger partial charge is 0.307 e. The van der Waals surface area contributed by atoms with Gasteiger partial charge in [-0.05, 0) is 31.0 Å². The van der Waals surface area contributed by atoms with Crippen LogP contribution < -0.4 is 15.4 Å². The quantitative estimate of drug-likeness (QED) is 0.604. The average Bonchev–Trinajstić information content (AvgIpc) is 2.65. The van der Waals surface area contributed by atoms with Gasteiger partial charge in [0.25, 0.3) is 0 Å². The molecular weight excluding hydrogens is 362 g/mol. The topological polar surface area (TPSA) is 97.0 Å². The highest BCUT2D eigenvalue weighted by molar-refractivity contribution is 5.89. The Morgan fingerprint density at radius 2 is 2.14 bits per heavy atom. The van der Waals surface area contributed by atoms with E-state index in [1.54, 1.807) is 14.0 Å². The molecule has 0 radical (unpaired) electrons. The van der Waals surface area contributed by atoms with Crippen molar-refractivity contribution in [3.63, 3.8) is 0 Å². The van der Waals surface area contributed by atoms with Gasteiger partial charge in [-0.15, -0.1) is 0 Å². The zero-order chi connectivity index (χ0) is 20.5. The van der Waals surface area contributed by atoms with Crippen LogP contribution in [0.25, 0.3) is 0 Å². The van der Waals surface area contributed by atoms with Crippen molar-refractivity contribution in [3.8, 4) is 5.75 Å². The standard InChI is InChI=1S/C20H29N3O5/c1-4-28-19(25)7-8-21-18(24)12-16-20(26)22-9-10-23(16)13-15-5-6-17(27-3)14(2)11-15/h5-6,11,16H,4,7-10,12-13H2,1-3H3,(H,21,24)(H,22,26). The van der Waals surface area contributed by atoms with Crippen molar-refractivity contribution in [3.05, 3.63) is 29.3 Å². The second-order valence-corrected chi connectivity index (χ2v) is 6.69. The molecule has 8 heteroatoms. The summed E-state index contributed by atoms with van der Waals surface area (Å²) in [6.07, 6.45) is 0.162. The Balaban J connectivity index is 1.94. The van der Waals surface area contributed by atoms with E-state index in [2.05, 4.69) is 10.6 Å². The monoisotopic (exact) mass is 391 g/mol. The molecule has 1 fully saturated rings. The molecule has 1 aliphatic rings.